The van der Waals surface area contributed by atoms with Crippen LogP contribution < -0.4 is 27.8 Å². The Morgan fingerprint density at radius 3 is 2.88 bits per heavy atom. The topological polar surface area (TPSA) is 63.2 Å². The number of carbonyl (C=O) groups excluding carboxylic acids is 1. The SMILES string of the molecule is CNC(=O)c1csc2c(C(F)(F)F)cc(O[C@H]3CCNC3)nc12.[Cl-].[H+]. The van der Waals surface area contributed by atoms with Crippen molar-refractivity contribution in [2.45, 2.75) is 18.7 Å². The third-order valence-electron chi connectivity index (χ3n) is 3.58. The predicted molar refractivity (Wildman–Crippen MR) is 81.0 cm³/mol. The average Bonchev–Trinajstić information content (AvgIpc) is 3.14. The molecule has 10 heteroatoms. The fourth-order valence-electron chi connectivity index (χ4n) is 2.45. The normalized spacial score (nSPS) is 17.6. The van der Waals surface area contributed by atoms with Crippen LogP contribution in [-0.4, -0.2) is 37.1 Å². The number of rotatable bonds is 3. The Morgan fingerprint density at radius 2 is 2.29 bits per heavy atom. The minimum Gasteiger partial charge on any atom is -1.00 e. The van der Waals surface area contributed by atoms with E-state index < -0.39 is 17.6 Å². The second-order valence-corrected chi connectivity index (χ2v) is 6.02. The highest BCUT2D eigenvalue weighted by molar-refractivity contribution is 7.17. The molecule has 0 radical (unpaired) electrons. The van der Waals surface area contributed by atoms with Crippen molar-refractivity contribution in [3.05, 3.63) is 22.6 Å². The van der Waals surface area contributed by atoms with E-state index in [1.54, 1.807) is 0 Å². The van der Waals surface area contributed by atoms with E-state index in [9.17, 15) is 18.0 Å². The number of amides is 1. The number of pyridine rings is 1. The molecular formula is C14H15ClF3N3O2S. The van der Waals surface area contributed by atoms with Crippen LogP contribution in [0.1, 0.15) is 23.8 Å². The van der Waals surface area contributed by atoms with Crippen LogP contribution in [-0.2, 0) is 6.18 Å². The number of hydrogen-bond donors (Lipinski definition) is 2. The molecule has 1 aliphatic rings. The third kappa shape index (κ3) is 3.57. The molecule has 2 aromatic rings. The smallest absolute Gasteiger partial charge is 1.00 e. The summed E-state index contributed by atoms with van der Waals surface area (Å²) in [5, 5.41) is 6.86. The zero-order valence-corrected chi connectivity index (χ0v) is 14.1. The number of halogens is 4. The van der Waals surface area contributed by atoms with E-state index in [4.69, 9.17) is 4.74 Å². The standard InChI is InChI=1S/C14H14F3N3O2S.ClH/c1-18-13(21)8-6-23-12-9(14(15,16)17)4-10(20-11(8)12)22-7-2-3-19-5-7;/h4,6-7,19H,2-3,5H2,1H3,(H,18,21);1H/t7-;/m0./s1. The van der Waals surface area contributed by atoms with Gasteiger partial charge in [-0.05, 0) is 13.0 Å². The second kappa shape index (κ2) is 7.12. The fourth-order valence-corrected chi connectivity index (χ4v) is 3.47. The zero-order valence-electron chi connectivity index (χ0n) is 13.5. The molecule has 0 unspecified atom stereocenters. The molecule has 1 saturated heterocycles. The lowest BCUT2D eigenvalue weighted by Gasteiger charge is -2.14. The van der Waals surface area contributed by atoms with Crippen molar-refractivity contribution < 1.29 is 36.5 Å². The van der Waals surface area contributed by atoms with E-state index in [2.05, 4.69) is 15.6 Å². The van der Waals surface area contributed by atoms with Crippen LogP contribution in [0.5, 0.6) is 5.88 Å². The molecule has 0 bridgehead atoms. The molecule has 5 nitrogen and oxygen atoms in total. The highest BCUT2D eigenvalue weighted by Gasteiger charge is 2.35. The van der Waals surface area contributed by atoms with Gasteiger partial charge in [-0.3, -0.25) is 4.79 Å². The molecule has 0 aliphatic carbocycles. The summed E-state index contributed by atoms with van der Waals surface area (Å²) in [6.45, 7) is 1.31. The first-order valence-electron chi connectivity index (χ1n) is 6.99. The number of fused-ring (bicyclic) bond motifs is 1. The van der Waals surface area contributed by atoms with Gasteiger partial charge in [0.1, 0.15) is 6.10 Å². The highest BCUT2D eigenvalue weighted by Crippen LogP contribution is 2.40. The number of alkyl halides is 3. The zero-order chi connectivity index (χ0) is 16.6. The van der Waals surface area contributed by atoms with Crippen LogP contribution in [0.25, 0.3) is 10.2 Å². The van der Waals surface area contributed by atoms with E-state index in [1.165, 1.54) is 12.4 Å². The number of hydrogen-bond acceptors (Lipinski definition) is 5. The molecule has 2 aromatic heterocycles. The number of nitrogens with one attached hydrogen (secondary N) is 2. The first-order chi connectivity index (χ1) is 10.9. The molecule has 0 saturated carbocycles. The first kappa shape index (κ1) is 18.8. The number of nitrogens with zero attached hydrogens (tertiary/aromatic N) is 1. The van der Waals surface area contributed by atoms with Gasteiger partial charge in [0.25, 0.3) is 5.91 Å². The minimum absolute atomic E-state index is 0. The number of carbonyl (C=O) groups is 1. The molecule has 3 rings (SSSR count). The minimum atomic E-state index is -4.54. The van der Waals surface area contributed by atoms with Crippen molar-refractivity contribution in [2.24, 2.45) is 0 Å². The average molecular weight is 382 g/mol. The van der Waals surface area contributed by atoms with E-state index in [-0.39, 0.29) is 41.6 Å². The summed E-state index contributed by atoms with van der Waals surface area (Å²) in [5.74, 6) is -0.585. The van der Waals surface area contributed by atoms with Gasteiger partial charge >= 0.3 is 7.60 Å². The summed E-state index contributed by atoms with van der Waals surface area (Å²) in [6.07, 6.45) is -4.06. The van der Waals surface area contributed by atoms with Crippen molar-refractivity contribution in [2.75, 3.05) is 20.1 Å². The molecule has 0 spiro atoms. The van der Waals surface area contributed by atoms with Gasteiger partial charge < -0.3 is 27.8 Å². The second-order valence-electron chi connectivity index (χ2n) is 5.14. The maximum Gasteiger partial charge on any atom is 1.00 e. The molecule has 1 amide bonds. The Hall–Kier alpha value is -1.58. The van der Waals surface area contributed by atoms with Gasteiger partial charge in [0, 0.05) is 25.0 Å². The molecule has 1 fully saturated rings. The summed E-state index contributed by atoms with van der Waals surface area (Å²) in [4.78, 5) is 16.0. The Morgan fingerprint density at radius 1 is 1.54 bits per heavy atom. The quantitative estimate of drug-likeness (QED) is 0.755. The molecule has 2 N–H and O–H groups in total. The molecule has 3 heterocycles. The van der Waals surface area contributed by atoms with Crippen LogP contribution in [0.3, 0.4) is 0 Å². The first-order valence-corrected chi connectivity index (χ1v) is 7.87. The summed E-state index contributed by atoms with van der Waals surface area (Å²) < 4.78 is 45.4. The van der Waals surface area contributed by atoms with E-state index in [0.717, 1.165) is 23.9 Å². The van der Waals surface area contributed by atoms with Gasteiger partial charge in [0.05, 0.1) is 21.3 Å². The predicted octanol–water partition coefficient (Wildman–Crippen LogP) is -0.468. The summed E-state index contributed by atoms with van der Waals surface area (Å²) >= 11 is 0.851. The highest BCUT2D eigenvalue weighted by atomic mass is 35.5. The largest absolute Gasteiger partial charge is 1.00 e. The lowest BCUT2D eigenvalue weighted by atomic mass is 10.2. The monoisotopic (exact) mass is 381 g/mol. The Bertz CT molecular complexity index is 751. The van der Waals surface area contributed by atoms with Crippen LogP contribution in [0, 0.1) is 0 Å². The molecule has 1 atom stereocenters. The Labute approximate surface area is 147 Å². The molecule has 0 aromatic carbocycles. The van der Waals surface area contributed by atoms with Gasteiger partial charge in [0.15, 0.2) is 0 Å². The van der Waals surface area contributed by atoms with Crippen molar-refractivity contribution >= 4 is 27.5 Å². The summed E-state index contributed by atoms with van der Waals surface area (Å²) in [6, 6.07) is 0.908. The van der Waals surface area contributed by atoms with Gasteiger partial charge in [-0.2, -0.15) is 13.2 Å². The van der Waals surface area contributed by atoms with Gasteiger partial charge in [0.2, 0.25) is 5.88 Å². The molecule has 1 aliphatic heterocycles. The lowest BCUT2D eigenvalue weighted by molar-refractivity contribution is -0.136. The number of thiophene rings is 1. The maximum absolute atomic E-state index is 13.3. The van der Waals surface area contributed by atoms with Crippen molar-refractivity contribution in [1.29, 1.82) is 0 Å². The molecule has 132 valence electrons. The maximum atomic E-state index is 13.3. The Kier molecular flexibility index (Phi) is 5.56. The summed E-state index contributed by atoms with van der Waals surface area (Å²) in [5.41, 5.74) is -0.693. The molecule has 24 heavy (non-hydrogen) atoms. The van der Waals surface area contributed by atoms with E-state index in [1.807, 2.05) is 0 Å². The third-order valence-corrected chi connectivity index (χ3v) is 4.58. The van der Waals surface area contributed by atoms with Crippen molar-refractivity contribution in [3.8, 4) is 5.88 Å². The van der Waals surface area contributed by atoms with Gasteiger partial charge in [-0.1, -0.05) is 0 Å². The van der Waals surface area contributed by atoms with Crippen molar-refractivity contribution in [1.82, 2.24) is 15.6 Å². The Balaban J connectivity index is 0.00000156. The van der Waals surface area contributed by atoms with Crippen LogP contribution in [0.15, 0.2) is 11.4 Å². The van der Waals surface area contributed by atoms with Gasteiger partial charge in [-0.15, -0.1) is 11.3 Å². The van der Waals surface area contributed by atoms with E-state index in [0.29, 0.717) is 13.0 Å². The van der Waals surface area contributed by atoms with Crippen LogP contribution >= 0.6 is 11.3 Å². The van der Waals surface area contributed by atoms with Crippen LogP contribution in [0.4, 0.5) is 13.2 Å². The van der Waals surface area contributed by atoms with Crippen LogP contribution in [0.2, 0.25) is 0 Å². The van der Waals surface area contributed by atoms with Crippen molar-refractivity contribution in [3.63, 3.8) is 0 Å². The summed E-state index contributed by atoms with van der Waals surface area (Å²) in [7, 11) is 1.42. The molecular weight excluding hydrogens is 367 g/mol. The van der Waals surface area contributed by atoms with E-state index >= 15 is 0 Å². The lowest BCUT2D eigenvalue weighted by Crippen LogP contribution is -3.00. The fraction of sp³-hybridized carbons (Fsp3) is 0.429. The van der Waals surface area contributed by atoms with Gasteiger partial charge in [-0.25, -0.2) is 4.98 Å². The number of ether oxygens (including phenoxy) is 1. The number of aromatic nitrogens is 1.